The first-order valence-corrected chi connectivity index (χ1v) is 5.28. The molecule has 82 valence electrons. The second kappa shape index (κ2) is 5.32. The maximum Gasteiger partial charge on any atom is 0.236 e. The van der Waals surface area contributed by atoms with Gasteiger partial charge in [0.15, 0.2) is 0 Å². The molecule has 1 fully saturated rings. The first-order valence-electron chi connectivity index (χ1n) is 5.28. The molecule has 1 heterocycles. The fourth-order valence-corrected chi connectivity index (χ4v) is 1.56. The molecule has 1 amide bonds. The zero-order chi connectivity index (χ0) is 10.6. The Labute approximate surface area is 85.5 Å². The Balaban J connectivity index is 2.30. The van der Waals surface area contributed by atoms with Crippen molar-refractivity contribution in [1.29, 1.82) is 0 Å². The molecule has 1 N–H and O–H groups in total. The molecule has 0 bridgehead atoms. The van der Waals surface area contributed by atoms with Gasteiger partial charge in [0.25, 0.3) is 0 Å². The van der Waals surface area contributed by atoms with E-state index in [2.05, 4.69) is 0 Å². The smallest absolute Gasteiger partial charge is 0.236 e. The van der Waals surface area contributed by atoms with Gasteiger partial charge in [-0.3, -0.25) is 9.69 Å². The van der Waals surface area contributed by atoms with Gasteiger partial charge in [-0.05, 0) is 26.4 Å². The number of carbonyl (C=O) groups is 1. The van der Waals surface area contributed by atoms with Crippen molar-refractivity contribution in [2.45, 2.75) is 25.9 Å². The van der Waals surface area contributed by atoms with Crippen molar-refractivity contribution in [3.8, 4) is 0 Å². The molecule has 0 atom stereocenters. The molecule has 0 spiro atoms. The number of aliphatic hydroxyl groups excluding tert-OH is 1. The minimum absolute atomic E-state index is 0.182. The van der Waals surface area contributed by atoms with Crippen molar-refractivity contribution >= 4 is 5.91 Å². The predicted octanol–water partition coefficient (Wildman–Crippen LogP) is -0.0786. The van der Waals surface area contributed by atoms with Crippen molar-refractivity contribution in [2.75, 3.05) is 33.2 Å². The van der Waals surface area contributed by atoms with Crippen molar-refractivity contribution in [3.05, 3.63) is 0 Å². The van der Waals surface area contributed by atoms with E-state index in [1.54, 1.807) is 0 Å². The lowest BCUT2D eigenvalue weighted by molar-refractivity contribution is -0.134. The summed E-state index contributed by atoms with van der Waals surface area (Å²) in [6.07, 6.45) is 1.24. The van der Waals surface area contributed by atoms with Crippen LogP contribution in [0.4, 0.5) is 0 Å². The van der Waals surface area contributed by atoms with Crippen molar-refractivity contribution in [2.24, 2.45) is 0 Å². The van der Waals surface area contributed by atoms with Crippen LogP contribution in [-0.2, 0) is 4.79 Å². The Morgan fingerprint density at radius 1 is 1.50 bits per heavy atom. The van der Waals surface area contributed by atoms with E-state index in [1.165, 1.54) is 0 Å². The van der Waals surface area contributed by atoms with E-state index in [0.29, 0.717) is 19.6 Å². The number of likely N-dealkylation sites (N-methyl/N-ethyl adjacent to an activating group) is 1. The Bertz CT molecular complexity index is 189. The van der Waals surface area contributed by atoms with Crippen LogP contribution in [0, 0.1) is 0 Å². The van der Waals surface area contributed by atoms with E-state index >= 15 is 0 Å². The van der Waals surface area contributed by atoms with Gasteiger partial charge in [-0.25, -0.2) is 0 Å². The lowest BCUT2D eigenvalue weighted by Crippen LogP contribution is -2.44. The molecule has 0 aliphatic carbocycles. The molecule has 14 heavy (non-hydrogen) atoms. The van der Waals surface area contributed by atoms with E-state index in [-0.39, 0.29) is 12.0 Å². The van der Waals surface area contributed by atoms with Crippen LogP contribution in [-0.4, -0.2) is 60.1 Å². The number of piperidine rings is 1. The largest absolute Gasteiger partial charge is 0.393 e. The Hall–Kier alpha value is -0.610. The van der Waals surface area contributed by atoms with Crippen LogP contribution in [0.15, 0.2) is 0 Å². The van der Waals surface area contributed by atoms with Crippen LogP contribution < -0.4 is 0 Å². The van der Waals surface area contributed by atoms with E-state index in [9.17, 15) is 9.90 Å². The monoisotopic (exact) mass is 200 g/mol. The minimum Gasteiger partial charge on any atom is -0.393 e. The van der Waals surface area contributed by atoms with Gasteiger partial charge in [0, 0.05) is 13.1 Å². The summed E-state index contributed by atoms with van der Waals surface area (Å²) >= 11 is 0. The molecular weight excluding hydrogens is 180 g/mol. The maximum atomic E-state index is 11.7. The summed E-state index contributed by atoms with van der Waals surface area (Å²) in [7, 11) is 1.94. The molecule has 1 aliphatic rings. The molecule has 0 aromatic heterocycles. The Kier molecular flexibility index (Phi) is 4.35. The van der Waals surface area contributed by atoms with E-state index in [0.717, 1.165) is 19.4 Å². The topological polar surface area (TPSA) is 43.8 Å². The molecule has 4 nitrogen and oxygen atoms in total. The highest BCUT2D eigenvalue weighted by atomic mass is 16.3. The Morgan fingerprint density at radius 3 is 2.57 bits per heavy atom. The van der Waals surface area contributed by atoms with Crippen LogP contribution in [0.1, 0.15) is 19.8 Å². The van der Waals surface area contributed by atoms with Gasteiger partial charge in [0.2, 0.25) is 5.91 Å². The van der Waals surface area contributed by atoms with Gasteiger partial charge in [0.1, 0.15) is 0 Å². The highest BCUT2D eigenvalue weighted by molar-refractivity contribution is 5.78. The van der Waals surface area contributed by atoms with Gasteiger partial charge < -0.3 is 10.0 Å². The summed E-state index contributed by atoms with van der Waals surface area (Å²) in [5.74, 6) is 0.182. The zero-order valence-corrected chi connectivity index (χ0v) is 9.07. The second-order valence-electron chi connectivity index (χ2n) is 3.94. The molecular formula is C10H20N2O2. The summed E-state index contributed by atoms with van der Waals surface area (Å²) in [6, 6.07) is 0. The van der Waals surface area contributed by atoms with Gasteiger partial charge in [-0.1, -0.05) is 6.92 Å². The van der Waals surface area contributed by atoms with Gasteiger partial charge >= 0.3 is 0 Å². The summed E-state index contributed by atoms with van der Waals surface area (Å²) < 4.78 is 0. The third-order valence-corrected chi connectivity index (χ3v) is 2.76. The lowest BCUT2D eigenvalue weighted by Gasteiger charge is -2.30. The molecule has 4 heteroatoms. The van der Waals surface area contributed by atoms with Gasteiger partial charge in [0.05, 0.1) is 12.6 Å². The molecule has 1 rings (SSSR count). The summed E-state index contributed by atoms with van der Waals surface area (Å²) in [5.41, 5.74) is 0. The predicted molar refractivity (Wildman–Crippen MR) is 55.0 cm³/mol. The average molecular weight is 200 g/mol. The summed E-state index contributed by atoms with van der Waals surface area (Å²) in [5, 5.41) is 9.29. The highest BCUT2D eigenvalue weighted by Crippen LogP contribution is 2.09. The van der Waals surface area contributed by atoms with Crippen LogP contribution in [0.25, 0.3) is 0 Å². The molecule has 0 saturated carbocycles. The SMILES string of the molecule is CCN(C)CC(=O)N1CCC(O)CC1. The fourth-order valence-electron chi connectivity index (χ4n) is 1.56. The number of amides is 1. The molecule has 0 unspecified atom stereocenters. The minimum atomic E-state index is -0.206. The van der Waals surface area contributed by atoms with Crippen LogP contribution >= 0.6 is 0 Å². The Morgan fingerprint density at radius 2 is 2.07 bits per heavy atom. The van der Waals surface area contributed by atoms with Crippen LogP contribution in [0.5, 0.6) is 0 Å². The average Bonchev–Trinajstić information content (AvgIpc) is 2.18. The van der Waals surface area contributed by atoms with Crippen LogP contribution in [0.2, 0.25) is 0 Å². The third-order valence-electron chi connectivity index (χ3n) is 2.76. The molecule has 0 aromatic carbocycles. The fraction of sp³-hybridized carbons (Fsp3) is 0.900. The second-order valence-corrected chi connectivity index (χ2v) is 3.94. The first-order chi connectivity index (χ1) is 6.63. The maximum absolute atomic E-state index is 11.7. The van der Waals surface area contributed by atoms with Crippen molar-refractivity contribution in [3.63, 3.8) is 0 Å². The number of hydrogen-bond acceptors (Lipinski definition) is 3. The normalized spacial score (nSPS) is 19.0. The molecule has 0 radical (unpaired) electrons. The standard InChI is InChI=1S/C10H20N2O2/c1-3-11(2)8-10(14)12-6-4-9(13)5-7-12/h9,13H,3-8H2,1-2H3. The molecule has 0 aromatic rings. The van der Waals surface area contributed by atoms with E-state index < -0.39 is 0 Å². The van der Waals surface area contributed by atoms with E-state index in [1.807, 2.05) is 23.8 Å². The highest BCUT2D eigenvalue weighted by Gasteiger charge is 2.21. The summed E-state index contributed by atoms with van der Waals surface area (Å²) in [4.78, 5) is 15.5. The number of carbonyl (C=O) groups excluding carboxylic acids is 1. The van der Waals surface area contributed by atoms with E-state index in [4.69, 9.17) is 0 Å². The lowest BCUT2D eigenvalue weighted by atomic mass is 10.1. The number of rotatable bonds is 3. The molecule has 1 aliphatic heterocycles. The summed E-state index contributed by atoms with van der Waals surface area (Å²) in [6.45, 7) is 4.83. The third kappa shape index (κ3) is 3.27. The van der Waals surface area contributed by atoms with Crippen LogP contribution in [0.3, 0.4) is 0 Å². The number of likely N-dealkylation sites (tertiary alicyclic amines) is 1. The number of aliphatic hydroxyl groups is 1. The number of nitrogens with zero attached hydrogens (tertiary/aromatic N) is 2. The first kappa shape index (κ1) is 11.5. The van der Waals surface area contributed by atoms with Gasteiger partial charge in [-0.2, -0.15) is 0 Å². The number of hydrogen-bond donors (Lipinski definition) is 1. The zero-order valence-electron chi connectivity index (χ0n) is 9.07. The molecule has 1 saturated heterocycles. The quantitative estimate of drug-likeness (QED) is 0.693. The van der Waals surface area contributed by atoms with Crippen molar-refractivity contribution < 1.29 is 9.90 Å². The van der Waals surface area contributed by atoms with Gasteiger partial charge in [-0.15, -0.1) is 0 Å². The van der Waals surface area contributed by atoms with Crippen molar-refractivity contribution in [1.82, 2.24) is 9.80 Å².